The molecule has 1 amide bonds. The fourth-order valence-electron chi connectivity index (χ4n) is 2.34. The molecular formula is C15H22N2O3. The first kappa shape index (κ1) is 14.8. The monoisotopic (exact) mass is 278 g/mol. The van der Waals surface area contributed by atoms with E-state index >= 15 is 0 Å². The Morgan fingerprint density at radius 1 is 1.25 bits per heavy atom. The van der Waals surface area contributed by atoms with Gasteiger partial charge in [0, 0.05) is 32.7 Å². The number of para-hydroxylation sites is 1. The Morgan fingerprint density at radius 3 is 2.50 bits per heavy atom. The minimum Gasteiger partial charge on any atom is -0.481 e. The number of hydrogen-bond donors (Lipinski definition) is 1. The number of piperazine rings is 1. The Hall–Kier alpha value is -1.59. The van der Waals surface area contributed by atoms with Crippen molar-refractivity contribution in [1.29, 1.82) is 0 Å². The van der Waals surface area contributed by atoms with Crippen LogP contribution in [-0.4, -0.2) is 66.2 Å². The summed E-state index contributed by atoms with van der Waals surface area (Å²) >= 11 is 0. The Bertz CT molecular complexity index is 416. The van der Waals surface area contributed by atoms with Gasteiger partial charge in [-0.25, -0.2) is 0 Å². The first-order valence-electron chi connectivity index (χ1n) is 7.04. The van der Waals surface area contributed by atoms with Gasteiger partial charge >= 0.3 is 0 Å². The van der Waals surface area contributed by atoms with Gasteiger partial charge < -0.3 is 14.7 Å². The number of benzene rings is 1. The molecular weight excluding hydrogens is 256 g/mol. The SMILES string of the molecule is C[C@@H](Oc1ccccc1)C(=O)N1CCN(CCO)CC1. The van der Waals surface area contributed by atoms with Crippen molar-refractivity contribution in [1.82, 2.24) is 9.80 Å². The van der Waals surface area contributed by atoms with E-state index in [1.54, 1.807) is 6.92 Å². The van der Waals surface area contributed by atoms with E-state index in [9.17, 15) is 4.79 Å². The number of rotatable bonds is 5. The molecule has 1 atom stereocenters. The Labute approximate surface area is 119 Å². The highest BCUT2D eigenvalue weighted by atomic mass is 16.5. The van der Waals surface area contributed by atoms with Crippen LogP contribution in [0.4, 0.5) is 0 Å². The van der Waals surface area contributed by atoms with E-state index in [-0.39, 0.29) is 12.5 Å². The Kier molecular flexibility index (Phi) is 5.38. The number of ether oxygens (including phenoxy) is 1. The zero-order valence-electron chi connectivity index (χ0n) is 11.9. The molecule has 5 nitrogen and oxygen atoms in total. The third-order valence-electron chi connectivity index (χ3n) is 3.50. The average Bonchev–Trinajstić information content (AvgIpc) is 2.48. The number of carbonyl (C=O) groups is 1. The average molecular weight is 278 g/mol. The maximum atomic E-state index is 12.3. The van der Waals surface area contributed by atoms with Crippen LogP contribution in [0.15, 0.2) is 30.3 Å². The normalized spacial score (nSPS) is 17.8. The van der Waals surface area contributed by atoms with E-state index in [2.05, 4.69) is 4.90 Å². The summed E-state index contributed by atoms with van der Waals surface area (Å²) in [6.07, 6.45) is -0.471. The van der Waals surface area contributed by atoms with Gasteiger partial charge in [0.2, 0.25) is 0 Å². The molecule has 1 aromatic carbocycles. The maximum Gasteiger partial charge on any atom is 0.263 e. The predicted molar refractivity (Wildman–Crippen MR) is 76.6 cm³/mol. The van der Waals surface area contributed by atoms with Gasteiger partial charge in [-0.3, -0.25) is 9.69 Å². The zero-order chi connectivity index (χ0) is 14.4. The molecule has 1 fully saturated rings. The van der Waals surface area contributed by atoms with Crippen LogP contribution in [0.25, 0.3) is 0 Å². The predicted octanol–water partition coefficient (Wildman–Crippen LogP) is 0.590. The van der Waals surface area contributed by atoms with Crippen LogP contribution in [0.5, 0.6) is 5.75 Å². The summed E-state index contributed by atoms with van der Waals surface area (Å²) in [6, 6.07) is 9.39. The molecule has 1 N–H and O–H groups in total. The van der Waals surface area contributed by atoms with Gasteiger partial charge in [0.15, 0.2) is 6.10 Å². The Balaban J connectivity index is 1.82. The number of aliphatic hydroxyl groups excluding tert-OH is 1. The van der Waals surface area contributed by atoms with Crippen LogP contribution in [-0.2, 0) is 4.79 Å². The maximum absolute atomic E-state index is 12.3. The topological polar surface area (TPSA) is 53.0 Å². The summed E-state index contributed by atoms with van der Waals surface area (Å²) < 4.78 is 5.66. The lowest BCUT2D eigenvalue weighted by Crippen LogP contribution is -2.52. The van der Waals surface area contributed by atoms with Gasteiger partial charge in [0.25, 0.3) is 5.91 Å². The van der Waals surface area contributed by atoms with Gasteiger partial charge in [-0.05, 0) is 19.1 Å². The lowest BCUT2D eigenvalue weighted by molar-refractivity contribution is -0.139. The Morgan fingerprint density at radius 2 is 1.90 bits per heavy atom. The van der Waals surface area contributed by atoms with Crippen molar-refractivity contribution in [3.63, 3.8) is 0 Å². The third-order valence-corrected chi connectivity index (χ3v) is 3.50. The second-order valence-electron chi connectivity index (χ2n) is 4.96. The molecule has 1 aliphatic heterocycles. The molecule has 0 saturated carbocycles. The van der Waals surface area contributed by atoms with Crippen molar-refractivity contribution < 1.29 is 14.6 Å². The number of aliphatic hydroxyl groups is 1. The van der Waals surface area contributed by atoms with Crippen molar-refractivity contribution in [2.75, 3.05) is 39.3 Å². The van der Waals surface area contributed by atoms with Crippen LogP contribution >= 0.6 is 0 Å². The first-order valence-corrected chi connectivity index (χ1v) is 7.04. The highest BCUT2D eigenvalue weighted by molar-refractivity contribution is 5.81. The molecule has 0 unspecified atom stereocenters. The summed E-state index contributed by atoms with van der Waals surface area (Å²) in [6.45, 7) is 5.65. The quantitative estimate of drug-likeness (QED) is 0.856. The van der Waals surface area contributed by atoms with Crippen LogP contribution < -0.4 is 4.74 Å². The molecule has 0 radical (unpaired) electrons. The number of nitrogens with zero attached hydrogens (tertiary/aromatic N) is 2. The van der Waals surface area contributed by atoms with E-state index in [4.69, 9.17) is 9.84 Å². The molecule has 1 saturated heterocycles. The van der Waals surface area contributed by atoms with Gasteiger partial charge in [0.1, 0.15) is 5.75 Å². The molecule has 1 heterocycles. The van der Waals surface area contributed by atoms with Crippen molar-refractivity contribution in [3.8, 4) is 5.75 Å². The smallest absolute Gasteiger partial charge is 0.263 e. The van der Waals surface area contributed by atoms with Crippen LogP contribution in [0.3, 0.4) is 0 Å². The number of β-amino-alcohol motifs (C(OH)–C–C–N with tert-alkyl or cyclic N) is 1. The molecule has 0 spiro atoms. The third kappa shape index (κ3) is 3.95. The molecule has 0 aliphatic carbocycles. The summed E-state index contributed by atoms with van der Waals surface area (Å²) in [5.41, 5.74) is 0. The van der Waals surface area contributed by atoms with E-state index in [1.807, 2.05) is 35.2 Å². The van der Waals surface area contributed by atoms with Crippen LogP contribution in [0.1, 0.15) is 6.92 Å². The lowest BCUT2D eigenvalue weighted by atomic mass is 10.2. The molecule has 0 bridgehead atoms. The minimum atomic E-state index is -0.471. The largest absolute Gasteiger partial charge is 0.481 e. The molecule has 110 valence electrons. The van der Waals surface area contributed by atoms with E-state index < -0.39 is 6.10 Å². The highest BCUT2D eigenvalue weighted by Gasteiger charge is 2.25. The second kappa shape index (κ2) is 7.26. The lowest BCUT2D eigenvalue weighted by Gasteiger charge is -2.35. The van der Waals surface area contributed by atoms with E-state index in [1.165, 1.54) is 0 Å². The van der Waals surface area contributed by atoms with Gasteiger partial charge in [-0.1, -0.05) is 18.2 Å². The van der Waals surface area contributed by atoms with Crippen molar-refractivity contribution in [2.45, 2.75) is 13.0 Å². The number of hydrogen-bond acceptors (Lipinski definition) is 4. The molecule has 2 rings (SSSR count). The molecule has 1 aliphatic rings. The van der Waals surface area contributed by atoms with Gasteiger partial charge in [-0.15, -0.1) is 0 Å². The van der Waals surface area contributed by atoms with Crippen LogP contribution in [0, 0.1) is 0 Å². The fourth-order valence-corrected chi connectivity index (χ4v) is 2.34. The molecule has 5 heteroatoms. The van der Waals surface area contributed by atoms with Crippen molar-refractivity contribution >= 4 is 5.91 Å². The number of carbonyl (C=O) groups excluding carboxylic acids is 1. The summed E-state index contributed by atoms with van der Waals surface area (Å²) in [4.78, 5) is 16.3. The van der Waals surface area contributed by atoms with Crippen molar-refractivity contribution in [2.24, 2.45) is 0 Å². The fraction of sp³-hybridized carbons (Fsp3) is 0.533. The zero-order valence-corrected chi connectivity index (χ0v) is 11.9. The number of amides is 1. The summed E-state index contributed by atoms with van der Waals surface area (Å²) in [5.74, 6) is 0.741. The van der Waals surface area contributed by atoms with Crippen molar-refractivity contribution in [3.05, 3.63) is 30.3 Å². The van der Waals surface area contributed by atoms with Gasteiger partial charge in [0.05, 0.1) is 6.61 Å². The van der Waals surface area contributed by atoms with E-state index in [0.717, 1.165) is 13.1 Å². The summed E-state index contributed by atoms with van der Waals surface area (Å²) in [7, 11) is 0. The van der Waals surface area contributed by atoms with Gasteiger partial charge in [-0.2, -0.15) is 0 Å². The minimum absolute atomic E-state index is 0.0255. The molecule has 0 aromatic heterocycles. The second-order valence-corrected chi connectivity index (χ2v) is 4.96. The van der Waals surface area contributed by atoms with Crippen LogP contribution in [0.2, 0.25) is 0 Å². The standard InChI is InChI=1S/C15H22N2O3/c1-13(20-14-5-3-2-4-6-14)15(19)17-9-7-16(8-10-17)11-12-18/h2-6,13,18H,7-12H2,1H3/t13-/m1/s1. The molecule has 20 heavy (non-hydrogen) atoms. The summed E-state index contributed by atoms with van der Waals surface area (Å²) in [5, 5.41) is 8.90. The van der Waals surface area contributed by atoms with E-state index in [0.29, 0.717) is 25.4 Å². The molecule has 1 aromatic rings. The first-order chi connectivity index (χ1) is 9.70. The highest BCUT2D eigenvalue weighted by Crippen LogP contribution is 2.13.